The fraction of sp³-hybridized carbons (Fsp3) is 0.733. The molecule has 2 atom stereocenters. The predicted molar refractivity (Wildman–Crippen MR) is 81.0 cm³/mol. The summed E-state index contributed by atoms with van der Waals surface area (Å²) in [6, 6.07) is 2.35. The monoisotopic (exact) mass is 281 g/mol. The van der Waals surface area contributed by atoms with Gasteiger partial charge in [0.2, 0.25) is 5.95 Å². The van der Waals surface area contributed by atoms with Gasteiger partial charge in [-0.15, -0.1) is 11.6 Å². The Hall–Kier alpha value is -0.830. The van der Waals surface area contributed by atoms with Crippen molar-refractivity contribution in [1.29, 1.82) is 0 Å². The highest BCUT2D eigenvalue weighted by molar-refractivity contribution is 6.21. The zero-order valence-electron chi connectivity index (χ0n) is 12.1. The first-order valence-electron chi connectivity index (χ1n) is 7.32. The van der Waals surface area contributed by atoms with Crippen LogP contribution in [0.1, 0.15) is 63.3 Å². The van der Waals surface area contributed by atoms with Gasteiger partial charge in [0, 0.05) is 17.4 Å². The normalized spacial score (nSPS) is 24.3. The molecule has 1 aromatic rings. The van der Waals surface area contributed by atoms with Gasteiger partial charge in [-0.3, -0.25) is 0 Å². The standard InChI is InChI=1S/C15H24ClN3/c1-10(2)14-9-11(3)17-15(19-14)18-13-8-6-4-5-7-12(13)16/h9-10,12-13H,4-8H2,1-3H3,(H,17,18,19). The van der Waals surface area contributed by atoms with E-state index in [1.54, 1.807) is 0 Å². The van der Waals surface area contributed by atoms with Gasteiger partial charge in [0.1, 0.15) is 0 Å². The summed E-state index contributed by atoms with van der Waals surface area (Å²) in [5, 5.41) is 3.64. The molecule has 0 bridgehead atoms. The van der Waals surface area contributed by atoms with Crippen LogP contribution in [0.2, 0.25) is 0 Å². The van der Waals surface area contributed by atoms with E-state index in [4.69, 9.17) is 11.6 Å². The van der Waals surface area contributed by atoms with Crippen LogP contribution in [0.5, 0.6) is 0 Å². The van der Waals surface area contributed by atoms with E-state index >= 15 is 0 Å². The zero-order chi connectivity index (χ0) is 13.8. The Bertz CT molecular complexity index is 420. The fourth-order valence-corrected chi connectivity index (χ4v) is 2.89. The maximum absolute atomic E-state index is 6.46. The summed E-state index contributed by atoms with van der Waals surface area (Å²) in [5.74, 6) is 1.16. The average Bonchev–Trinajstić information content (AvgIpc) is 2.54. The van der Waals surface area contributed by atoms with Crippen molar-refractivity contribution in [2.75, 3.05) is 5.32 Å². The molecule has 1 saturated carbocycles. The number of aromatic nitrogens is 2. The molecule has 0 aromatic carbocycles. The lowest BCUT2D eigenvalue weighted by molar-refractivity contribution is 0.620. The molecular weight excluding hydrogens is 258 g/mol. The first kappa shape index (κ1) is 14.6. The summed E-state index contributed by atoms with van der Waals surface area (Å²) in [5.41, 5.74) is 2.11. The second-order valence-electron chi connectivity index (χ2n) is 5.82. The van der Waals surface area contributed by atoms with Gasteiger partial charge in [-0.25, -0.2) is 9.97 Å². The molecule has 1 aliphatic carbocycles. The van der Waals surface area contributed by atoms with E-state index in [2.05, 4.69) is 35.2 Å². The Balaban J connectivity index is 2.13. The minimum Gasteiger partial charge on any atom is -0.350 e. The summed E-state index contributed by atoms with van der Waals surface area (Å²) < 4.78 is 0. The van der Waals surface area contributed by atoms with Gasteiger partial charge in [-0.05, 0) is 31.7 Å². The topological polar surface area (TPSA) is 37.8 Å². The number of hydrogen-bond donors (Lipinski definition) is 1. The lowest BCUT2D eigenvalue weighted by Gasteiger charge is -2.21. The van der Waals surface area contributed by atoms with E-state index in [1.807, 2.05) is 6.92 Å². The number of aryl methyl sites for hydroxylation is 1. The molecule has 0 amide bonds. The van der Waals surface area contributed by atoms with Gasteiger partial charge < -0.3 is 5.32 Å². The molecule has 2 unspecified atom stereocenters. The van der Waals surface area contributed by atoms with E-state index in [1.165, 1.54) is 19.3 Å². The highest BCUT2D eigenvalue weighted by atomic mass is 35.5. The zero-order valence-corrected chi connectivity index (χ0v) is 12.9. The van der Waals surface area contributed by atoms with E-state index < -0.39 is 0 Å². The van der Waals surface area contributed by atoms with Crippen molar-refractivity contribution >= 4 is 17.5 Å². The van der Waals surface area contributed by atoms with Gasteiger partial charge in [0.15, 0.2) is 0 Å². The highest BCUT2D eigenvalue weighted by Crippen LogP contribution is 2.25. The molecule has 0 spiro atoms. The molecule has 2 rings (SSSR count). The Kier molecular flexibility index (Phi) is 5.03. The summed E-state index contributed by atoms with van der Waals surface area (Å²) in [7, 11) is 0. The van der Waals surface area contributed by atoms with Gasteiger partial charge in [-0.2, -0.15) is 0 Å². The van der Waals surface area contributed by atoms with Crippen LogP contribution in [-0.4, -0.2) is 21.4 Å². The Morgan fingerprint density at radius 2 is 1.95 bits per heavy atom. The highest BCUT2D eigenvalue weighted by Gasteiger charge is 2.22. The van der Waals surface area contributed by atoms with Crippen LogP contribution < -0.4 is 5.32 Å². The fourth-order valence-electron chi connectivity index (χ4n) is 2.54. The molecule has 19 heavy (non-hydrogen) atoms. The maximum Gasteiger partial charge on any atom is 0.223 e. The van der Waals surface area contributed by atoms with Crippen molar-refractivity contribution in [3.8, 4) is 0 Å². The largest absolute Gasteiger partial charge is 0.350 e. The molecule has 1 N–H and O–H groups in total. The average molecular weight is 282 g/mol. The number of rotatable bonds is 3. The first-order valence-corrected chi connectivity index (χ1v) is 7.76. The van der Waals surface area contributed by atoms with Gasteiger partial charge in [-0.1, -0.05) is 33.1 Å². The minimum absolute atomic E-state index is 0.189. The molecule has 0 aliphatic heterocycles. The minimum atomic E-state index is 0.189. The van der Waals surface area contributed by atoms with Crippen molar-refractivity contribution in [3.05, 3.63) is 17.5 Å². The van der Waals surface area contributed by atoms with E-state index in [9.17, 15) is 0 Å². The van der Waals surface area contributed by atoms with E-state index in [-0.39, 0.29) is 5.38 Å². The van der Waals surface area contributed by atoms with Crippen molar-refractivity contribution in [2.24, 2.45) is 0 Å². The third-order valence-corrected chi connectivity index (χ3v) is 4.23. The molecule has 106 valence electrons. The van der Waals surface area contributed by atoms with Crippen molar-refractivity contribution in [1.82, 2.24) is 9.97 Å². The van der Waals surface area contributed by atoms with Crippen LogP contribution >= 0.6 is 11.6 Å². The van der Waals surface area contributed by atoms with Crippen LogP contribution in [0, 0.1) is 6.92 Å². The van der Waals surface area contributed by atoms with Crippen LogP contribution in [0.4, 0.5) is 5.95 Å². The predicted octanol–water partition coefficient (Wildman–Crippen LogP) is 4.26. The quantitative estimate of drug-likeness (QED) is 0.664. The number of halogens is 1. The summed E-state index contributed by atoms with van der Waals surface area (Å²) in [6.45, 7) is 6.33. The molecular formula is C15H24ClN3. The second kappa shape index (κ2) is 6.56. The number of anilines is 1. The van der Waals surface area contributed by atoms with Gasteiger partial charge in [0.25, 0.3) is 0 Å². The molecule has 1 fully saturated rings. The molecule has 0 saturated heterocycles. The third-order valence-electron chi connectivity index (χ3n) is 3.71. The summed E-state index contributed by atoms with van der Waals surface area (Å²) in [6.07, 6.45) is 5.96. The molecule has 4 heteroatoms. The van der Waals surface area contributed by atoms with E-state index in [0.29, 0.717) is 12.0 Å². The number of nitrogens with one attached hydrogen (secondary N) is 1. The van der Waals surface area contributed by atoms with Crippen molar-refractivity contribution < 1.29 is 0 Å². The van der Waals surface area contributed by atoms with Crippen LogP contribution in [-0.2, 0) is 0 Å². The van der Waals surface area contributed by atoms with Gasteiger partial charge in [0.05, 0.1) is 5.38 Å². The Morgan fingerprint density at radius 1 is 1.21 bits per heavy atom. The summed E-state index contributed by atoms with van der Waals surface area (Å²) in [4.78, 5) is 9.11. The summed E-state index contributed by atoms with van der Waals surface area (Å²) >= 11 is 6.46. The van der Waals surface area contributed by atoms with Gasteiger partial charge >= 0.3 is 0 Å². The van der Waals surface area contributed by atoms with Crippen LogP contribution in [0.25, 0.3) is 0 Å². The molecule has 1 aromatic heterocycles. The number of alkyl halides is 1. The smallest absolute Gasteiger partial charge is 0.223 e. The van der Waals surface area contributed by atoms with Crippen LogP contribution in [0.3, 0.4) is 0 Å². The second-order valence-corrected chi connectivity index (χ2v) is 6.38. The van der Waals surface area contributed by atoms with Crippen LogP contribution in [0.15, 0.2) is 6.07 Å². The maximum atomic E-state index is 6.46. The number of hydrogen-bond acceptors (Lipinski definition) is 3. The SMILES string of the molecule is Cc1cc(C(C)C)nc(NC2CCCCCC2Cl)n1. The third kappa shape index (κ3) is 4.07. The molecule has 1 heterocycles. The molecule has 1 aliphatic rings. The lowest BCUT2D eigenvalue weighted by Crippen LogP contribution is -2.30. The molecule has 0 radical (unpaired) electrons. The van der Waals surface area contributed by atoms with Crippen molar-refractivity contribution in [3.63, 3.8) is 0 Å². The molecule has 3 nitrogen and oxygen atoms in total. The lowest BCUT2D eigenvalue weighted by atomic mass is 10.1. The van der Waals surface area contributed by atoms with E-state index in [0.717, 1.165) is 30.2 Å². The number of nitrogens with zero attached hydrogens (tertiary/aromatic N) is 2. The first-order chi connectivity index (χ1) is 9.06. The Labute approximate surface area is 121 Å². The van der Waals surface area contributed by atoms with Crippen molar-refractivity contribution in [2.45, 2.75) is 70.2 Å². The Morgan fingerprint density at radius 3 is 2.68 bits per heavy atom.